The highest BCUT2D eigenvalue weighted by Crippen LogP contribution is 2.34. The Hall–Kier alpha value is -3.10. The van der Waals surface area contributed by atoms with Crippen molar-refractivity contribution in [2.24, 2.45) is 0 Å². The lowest BCUT2D eigenvalue weighted by atomic mass is 10.0. The third-order valence-electron chi connectivity index (χ3n) is 5.38. The predicted molar refractivity (Wildman–Crippen MR) is 118 cm³/mol. The molecule has 0 saturated carbocycles. The van der Waals surface area contributed by atoms with Gasteiger partial charge in [0.05, 0.1) is 22.2 Å². The van der Waals surface area contributed by atoms with Gasteiger partial charge in [-0.15, -0.1) is 0 Å². The van der Waals surface area contributed by atoms with E-state index < -0.39 is 16.1 Å². The van der Waals surface area contributed by atoms with Crippen LogP contribution < -0.4 is 5.32 Å². The number of hydrogen-bond donors (Lipinski definition) is 1. The van der Waals surface area contributed by atoms with Crippen LogP contribution in [0.1, 0.15) is 47.2 Å². The zero-order valence-electron chi connectivity index (χ0n) is 17.2. The molecule has 0 spiro atoms. The van der Waals surface area contributed by atoms with Crippen molar-refractivity contribution >= 4 is 21.6 Å². The number of piperidine rings is 1. The second-order valence-electron chi connectivity index (χ2n) is 7.49. The van der Waals surface area contributed by atoms with E-state index in [0.29, 0.717) is 35.7 Å². The van der Waals surface area contributed by atoms with E-state index in [1.807, 2.05) is 18.2 Å². The number of hydrogen-bond acceptors (Lipinski definition) is 5. The molecule has 1 N–H and O–H groups in total. The van der Waals surface area contributed by atoms with Gasteiger partial charge in [0.1, 0.15) is 5.82 Å². The second-order valence-corrected chi connectivity index (χ2v) is 9.38. The average Bonchev–Trinajstić information content (AvgIpc) is 2.80. The van der Waals surface area contributed by atoms with Crippen molar-refractivity contribution in [2.45, 2.75) is 37.1 Å². The standard InChI is InChI=1S/C23H24N4O3S/c1-17-20(23(28)26-18-10-4-2-5-11-18)16-24-22(25-17)21-14-8-9-15-27(21)31(29,30)19-12-6-3-7-13-19/h2-7,10-13,16,21H,8-9,14-15H2,1H3,(H,26,28). The molecule has 0 radical (unpaired) electrons. The highest BCUT2D eigenvalue weighted by Gasteiger charge is 2.36. The quantitative estimate of drug-likeness (QED) is 0.654. The summed E-state index contributed by atoms with van der Waals surface area (Å²) in [5.74, 6) is 0.126. The van der Waals surface area contributed by atoms with Crippen molar-refractivity contribution in [3.8, 4) is 0 Å². The number of sulfonamides is 1. The smallest absolute Gasteiger partial charge is 0.259 e. The molecule has 160 valence electrons. The number of rotatable bonds is 5. The number of nitrogens with zero attached hydrogens (tertiary/aromatic N) is 3. The highest BCUT2D eigenvalue weighted by atomic mass is 32.2. The molecule has 1 unspecified atom stereocenters. The summed E-state index contributed by atoms with van der Waals surface area (Å²) >= 11 is 0. The van der Waals surface area contributed by atoms with Crippen LogP contribution in [0.3, 0.4) is 0 Å². The summed E-state index contributed by atoms with van der Waals surface area (Å²) in [5, 5.41) is 2.83. The summed E-state index contributed by atoms with van der Waals surface area (Å²) in [6.07, 6.45) is 3.81. The molecule has 2 aromatic carbocycles. The molecule has 1 saturated heterocycles. The molecule has 31 heavy (non-hydrogen) atoms. The summed E-state index contributed by atoms with van der Waals surface area (Å²) in [4.78, 5) is 21.8. The van der Waals surface area contributed by atoms with E-state index in [0.717, 1.165) is 12.8 Å². The maximum absolute atomic E-state index is 13.2. The fourth-order valence-electron chi connectivity index (χ4n) is 3.77. The van der Waals surface area contributed by atoms with Crippen LogP contribution >= 0.6 is 0 Å². The number of benzene rings is 2. The molecule has 1 aliphatic heterocycles. The topological polar surface area (TPSA) is 92.3 Å². The summed E-state index contributed by atoms with van der Waals surface area (Å²) in [7, 11) is -3.67. The van der Waals surface area contributed by atoms with Gasteiger partial charge in [-0.1, -0.05) is 42.8 Å². The normalized spacial score (nSPS) is 17.3. The van der Waals surface area contributed by atoms with Gasteiger partial charge in [-0.05, 0) is 44.0 Å². The van der Waals surface area contributed by atoms with Gasteiger partial charge in [0.15, 0.2) is 0 Å². The lowest BCUT2D eigenvalue weighted by molar-refractivity contribution is 0.102. The monoisotopic (exact) mass is 436 g/mol. The van der Waals surface area contributed by atoms with Gasteiger partial charge in [0, 0.05) is 18.4 Å². The Morgan fingerprint density at radius 3 is 2.39 bits per heavy atom. The molecule has 8 heteroatoms. The summed E-state index contributed by atoms with van der Waals surface area (Å²) in [5.41, 5.74) is 1.56. The van der Waals surface area contributed by atoms with Crippen molar-refractivity contribution < 1.29 is 13.2 Å². The van der Waals surface area contributed by atoms with E-state index in [2.05, 4.69) is 15.3 Å². The van der Waals surface area contributed by atoms with Crippen LogP contribution in [0.15, 0.2) is 71.8 Å². The number of nitrogens with one attached hydrogen (secondary N) is 1. The van der Waals surface area contributed by atoms with Crippen LogP contribution in [-0.2, 0) is 10.0 Å². The minimum atomic E-state index is -3.67. The van der Waals surface area contributed by atoms with Crippen molar-refractivity contribution in [3.05, 3.63) is 83.9 Å². The molecule has 7 nitrogen and oxygen atoms in total. The van der Waals surface area contributed by atoms with Crippen molar-refractivity contribution in [1.82, 2.24) is 14.3 Å². The van der Waals surface area contributed by atoms with Crippen LogP contribution in [0, 0.1) is 6.92 Å². The molecule has 1 atom stereocenters. The van der Waals surface area contributed by atoms with Crippen LogP contribution in [0.25, 0.3) is 0 Å². The Morgan fingerprint density at radius 1 is 1.03 bits per heavy atom. The van der Waals surface area contributed by atoms with Crippen molar-refractivity contribution in [2.75, 3.05) is 11.9 Å². The third kappa shape index (κ3) is 4.50. The van der Waals surface area contributed by atoms with Gasteiger partial charge < -0.3 is 5.32 Å². The zero-order chi connectivity index (χ0) is 21.8. The average molecular weight is 437 g/mol. The first-order valence-electron chi connectivity index (χ1n) is 10.2. The van der Waals surface area contributed by atoms with Gasteiger partial charge in [-0.25, -0.2) is 18.4 Å². The highest BCUT2D eigenvalue weighted by molar-refractivity contribution is 7.89. The SMILES string of the molecule is Cc1nc(C2CCCCN2S(=O)(=O)c2ccccc2)ncc1C(=O)Nc1ccccc1. The van der Waals surface area contributed by atoms with E-state index in [-0.39, 0.29) is 10.8 Å². The summed E-state index contributed by atoms with van der Waals surface area (Å²) in [6.45, 7) is 2.16. The lowest BCUT2D eigenvalue weighted by Gasteiger charge is -2.33. The Bertz CT molecular complexity index is 1170. The molecule has 2 heterocycles. The number of amides is 1. The van der Waals surface area contributed by atoms with Crippen molar-refractivity contribution in [3.63, 3.8) is 0 Å². The number of para-hydroxylation sites is 1. The number of aromatic nitrogens is 2. The van der Waals surface area contributed by atoms with Crippen LogP contribution in [0.4, 0.5) is 5.69 Å². The molecule has 1 aromatic heterocycles. The van der Waals surface area contributed by atoms with Gasteiger partial charge >= 0.3 is 0 Å². The minimum Gasteiger partial charge on any atom is -0.322 e. The first-order chi connectivity index (χ1) is 15.0. The molecule has 1 amide bonds. The fraction of sp³-hybridized carbons (Fsp3) is 0.261. The van der Waals surface area contributed by atoms with Crippen molar-refractivity contribution in [1.29, 1.82) is 0 Å². The van der Waals surface area contributed by atoms with Gasteiger partial charge in [-0.2, -0.15) is 4.31 Å². The number of anilines is 1. The van der Waals surface area contributed by atoms with Crippen LogP contribution in [0.2, 0.25) is 0 Å². The van der Waals surface area contributed by atoms with E-state index in [9.17, 15) is 13.2 Å². The lowest BCUT2D eigenvalue weighted by Crippen LogP contribution is -2.39. The molecule has 3 aromatic rings. The zero-order valence-corrected chi connectivity index (χ0v) is 18.0. The maximum Gasteiger partial charge on any atom is 0.259 e. The molecule has 1 fully saturated rings. The minimum absolute atomic E-state index is 0.262. The van der Waals surface area contributed by atoms with E-state index in [1.165, 1.54) is 10.5 Å². The number of carbonyl (C=O) groups excluding carboxylic acids is 1. The first-order valence-corrected chi connectivity index (χ1v) is 11.7. The Balaban J connectivity index is 1.60. The third-order valence-corrected chi connectivity index (χ3v) is 7.30. The maximum atomic E-state index is 13.2. The molecular weight excluding hydrogens is 412 g/mol. The van der Waals surface area contributed by atoms with Gasteiger partial charge in [0.2, 0.25) is 10.0 Å². The van der Waals surface area contributed by atoms with E-state index in [4.69, 9.17) is 0 Å². The fourth-order valence-corrected chi connectivity index (χ4v) is 5.44. The molecule has 4 rings (SSSR count). The largest absolute Gasteiger partial charge is 0.322 e. The Kier molecular flexibility index (Phi) is 6.11. The first kappa shape index (κ1) is 21.1. The molecule has 0 aliphatic carbocycles. The number of aryl methyl sites for hydroxylation is 1. The van der Waals surface area contributed by atoms with E-state index >= 15 is 0 Å². The van der Waals surface area contributed by atoms with Gasteiger partial charge in [0.25, 0.3) is 5.91 Å². The number of carbonyl (C=O) groups is 1. The Morgan fingerprint density at radius 2 is 1.71 bits per heavy atom. The van der Waals surface area contributed by atoms with Gasteiger partial charge in [-0.3, -0.25) is 4.79 Å². The van der Waals surface area contributed by atoms with Crippen LogP contribution in [0.5, 0.6) is 0 Å². The molecular formula is C23H24N4O3S. The summed E-state index contributed by atoms with van der Waals surface area (Å²) < 4.78 is 28.0. The Labute approximate surface area is 182 Å². The second kappa shape index (κ2) is 8.95. The summed E-state index contributed by atoms with van der Waals surface area (Å²) in [6, 6.07) is 17.1. The molecule has 0 bridgehead atoms. The molecule has 1 aliphatic rings. The predicted octanol–water partition coefficient (Wildman–Crippen LogP) is 3.95. The van der Waals surface area contributed by atoms with Crippen LogP contribution in [-0.4, -0.2) is 35.1 Å². The van der Waals surface area contributed by atoms with E-state index in [1.54, 1.807) is 49.4 Å².